The summed E-state index contributed by atoms with van der Waals surface area (Å²) >= 11 is 1.37. The monoisotopic (exact) mass is 324 g/mol. The fourth-order valence-electron chi connectivity index (χ4n) is 2.88. The van der Waals surface area contributed by atoms with E-state index in [1.165, 1.54) is 24.1 Å². The van der Waals surface area contributed by atoms with Crippen LogP contribution in [0.2, 0.25) is 0 Å². The van der Waals surface area contributed by atoms with Gasteiger partial charge in [-0.3, -0.25) is 14.5 Å². The number of amides is 1. The number of carbonyl (C=O) groups is 1. The van der Waals surface area contributed by atoms with E-state index >= 15 is 0 Å². The molecule has 22 heavy (non-hydrogen) atoms. The zero-order chi connectivity index (χ0) is 15.7. The van der Waals surface area contributed by atoms with Crippen molar-refractivity contribution in [1.29, 1.82) is 5.41 Å². The van der Waals surface area contributed by atoms with E-state index in [1.807, 2.05) is 0 Å². The van der Waals surface area contributed by atoms with Gasteiger partial charge in [0, 0.05) is 24.9 Å². The third-order valence-electron chi connectivity index (χ3n) is 3.97. The van der Waals surface area contributed by atoms with E-state index in [4.69, 9.17) is 10.1 Å². The minimum absolute atomic E-state index is 0.208. The van der Waals surface area contributed by atoms with E-state index in [2.05, 4.69) is 10.6 Å². The number of fused-ring (bicyclic) bond motifs is 1. The average molecular weight is 324 g/mol. The second-order valence-corrected chi connectivity index (χ2v) is 6.50. The summed E-state index contributed by atoms with van der Waals surface area (Å²) in [5.74, 6) is -0.169. The van der Waals surface area contributed by atoms with Gasteiger partial charge in [0.25, 0.3) is 0 Å². The van der Waals surface area contributed by atoms with Gasteiger partial charge in [0.1, 0.15) is 16.8 Å². The number of hydrogen-bond donors (Lipinski definition) is 3. The highest BCUT2D eigenvalue weighted by molar-refractivity contribution is 7.98. The standard InChI is InChI=1S/C14H17FN4O2S/c1-19-13(16)18-14(5-2-6-21-12(14)22-19)10-7-9(17-8-20)3-4-11(10)15/h3-4,7-8,12H,2,5-6H2,1H3,(H2,16,18)(H,17,20). The largest absolute Gasteiger partial charge is 0.363 e. The summed E-state index contributed by atoms with van der Waals surface area (Å²) in [6.45, 7) is 0.607. The van der Waals surface area contributed by atoms with Gasteiger partial charge >= 0.3 is 0 Å². The lowest BCUT2D eigenvalue weighted by Crippen LogP contribution is -2.62. The number of anilines is 1. The van der Waals surface area contributed by atoms with Crippen LogP contribution in [0.5, 0.6) is 0 Å². The maximum atomic E-state index is 14.5. The number of benzene rings is 1. The molecule has 0 spiro atoms. The fraction of sp³-hybridized carbons (Fsp3) is 0.429. The Morgan fingerprint density at radius 2 is 2.45 bits per heavy atom. The van der Waals surface area contributed by atoms with Crippen molar-refractivity contribution in [2.45, 2.75) is 23.8 Å². The molecule has 0 saturated carbocycles. The first-order chi connectivity index (χ1) is 10.6. The van der Waals surface area contributed by atoms with E-state index in [0.717, 1.165) is 6.42 Å². The van der Waals surface area contributed by atoms with Gasteiger partial charge in [0.05, 0.1) is 0 Å². The number of hydrogen-bond acceptors (Lipinski definition) is 4. The summed E-state index contributed by atoms with van der Waals surface area (Å²) in [6.07, 6.45) is 1.98. The number of nitrogens with one attached hydrogen (secondary N) is 3. The van der Waals surface area contributed by atoms with Crippen LogP contribution >= 0.6 is 11.9 Å². The Kier molecular flexibility index (Phi) is 3.96. The van der Waals surface area contributed by atoms with Crippen molar-refractivity contribution >= 4 is 30.0 Å². The lowest BCUT2D eigenvalue weighted by atomic mass is 9.83. The molecule has 2 heterocycles. The van der Waals surface area contributed by atoms with Crippen molar-refractivity contribution in [3.8, 4) is 0 Å². The van der Waals surface area contributed by atoms with Crippen molar-refractivity contribution in [2.24, 2.45) is 0 Å². The Morgan fingerprint density at radius 3 is 3.23 bits per heavy atom. The Bertz CT molecular complexity index is 615. The molecule has 3 N–H and O–H groups in total. The summed E-state index contributed by atoms with van der Waals surface area (Å²) in [5, 5.41) is 13.7. The van der Waals surface area contributed by atoms with Crippen molar-refractivity contribution in [1.82, 2.24) is 9.62 Å². The summed E-state index contributed by atoms with van der Waals surface area (Å²) in [7, 11) is 1.77. The van der Waals surface area contributed by atoms with Crippen LogP contribution in [0.25, 0.3) is 0 Å². The molecule has 3 rings (SSSR count). The molecule has 8 heteroatoms. The molecule has 1 aromatic carbocycles. The van der Waals surface area contributed by atoms with Gasteiger partial charge in [-0.25, -0.2) is 4.39 Å². The van der Waals surface area contributed by atoms with E-state index in [1.54, 1.807) is 17.4 Å². The van der Waals surface area contributed by atoms with Gasteiger partial charge in [-0.05, 0) is 43.0 Å². The molecule has 0 radical (unpaired) electrons. The van der Waals surface area contributed by atoms with Crippen LogP contribution in [0.15, 0.2) is 18.2 Å². The zero-order valence-electron chi connectivity index (χ0n) is 12.1. The third-order valence-corrected chi connectivity index (χ3v) is 5.20. The number of ether oxygens (including phenoxy) is 1. The summed E-state index contributed by atoms with van der Waals surface area (Å²) in [6, 6.07) is 4.45. The van der Waals surface area contributed by atoms with E-state index in [9.17, 15) is 9.18 Å². The van der Waals surface area contributed by atoms with Crippen LogP contribution in [-0.2, 0) is 15.1 Å². The predicted octanol–water partition coefficient (Wildman–Crippen LogP) is 1.84. The van der Waals surface area contributed by atoms with Gasteiger partial charge < -0.3 is 15.4 Å². The Hall–Kier alpha value is -1.80. The van der Waals surface area contributed by atoms with Gasteiger partial charge in [-0.2, -0.15) is 0 Å². The number of carbonyl (C=O) groups excluding carboxylic acids is 1. The minimum Gasteiger partial charge on any atom is -0.363 e. The molecule has 0 aromatic heterocycles. The molecule has 2 saturated heterocycles. The van der Waals surface area contributed by atoms with E-state index < -0.39 is 5.54 Å². The van der Waals surface area contributed by atoms with Crippen LogP contribution in [0.1, 0.15) is 18.4 Å². The third kappa shape index (κ3) is 2.42. The normalized spacial score (nSPS) is 27.8. The maximum Gasteiger partial charge on any atom is 0.211 e. The first-order valence-electron chi connectivity index (χ1n) is 6.96. The zero-order valence-corrected chi connectivity index (χ0v) is 12.9. The first kappa shape index (κ1) is 15.1. The van der Waals surface area contributed by atoms with Crippen LogP contribution in [0.3, 0.4) is 0 Å². The van der Waals surface area contributed by atoms with Gasteiger partial charge in [0.2, 0.25) is 12.4 Å². The smallest absolute Gasteiger partial charge is 0.211 e. The molecule has 2 atom stereocenters. The Balaban J connectivity index is 2.07. The predicted molar refractivity (Wildman–Crippen MR) is 83.0 cm³/mol. The lowest BCUT2D eigenvalue weighted by molar-refractivity contribution is -0.105. The quantitative estimate of drug-likeness (QED) is 0.584. The minimum atomic E-state index is -0.808. The Morgan fingerprint density at radius 1 is 1.64 bits per heavy atom. The summed E-state index contributed by atoms with van der Waals surface area (Å²) < 4.78 is 22.0. The van der Waals surface area contributed by atoms with Crippen molar-refractivity contribution in [3.63, 3.8) is 0 Å². The van der Waals surface area contributed by atoms with Crippen molar-refractivity contribution in [2.75, 3.05) is 19.0 Å². The Labute approximate surface area is 132 Å². The molecule has 2 fully saturated rings. The molecule has 1 aromatic rings. The highest BCUT2D eigenvalue weighted by atomic mass is 32.2. The van der Waals surface area contributed by atoms with E-state index in [0.29, 0.717) is 30.7 Å². The summed E-state index contributed by atoms with van der Waals surface area (Å²) in [4.78, 5) is 10.6. The first-order valence-corrected chi connectivity index (χ1v) is 7.79. The maximum absolute atomic E-state index is 14.5. The average Bonchev–Trinajstić information content (AvgIpc) is 2.50. The van der Waals surface area contributed by atoms with Gasteiger partial charge in [-0.15, -0.1) is 0 Å². The molecule has 118 valence electrons. The van der Waals surface area contributed by atoms with Gasteiger partial charge in [-0.1, -0.05) is 0 Å². The number of rotatable bonds is 3. The summed E-state index contributed by atoms with van der Waals surface area (Å²) in [5.41, 5.74) is -0.213. The van der Waals surface area contributed by atoms with Crippen molar-refractivity contribution < 1.29 is 13.9 Å². The van der Waals surface area contributed by atoms with Crippen LogP contribution in [0.4, 0.5) is 10.1 Å². The fourth-order valence-corrected chi connectivity index (χ4v) is 3.96. The molecule has 2 aliphatic heterocycles. The highest BCUT2D eigenvalue weighted by Crippen LogP contribution is 2.45. The van der Waals surface area contributed by atoms with Gasteiger partial charge in [0.15, 0.2) is 0 Å². The second kappa shape index (κ2) is 5.77. The van der Waals surface area contributed by atoms with Crippen LogP contribution in [-0.4, -0.2) is 35.8 Å². The number of halogens is 1. The second-order valence-electron chi connectivity index (χ2n) is 5.31. The molecule has 1 amide bonds. The van der Waals surface area contributed by atoms with Crippen LogP contribution < -0.4 is 10.6 Å². The van der Waals surface area contributed by atoms with E-state index in [-0.39, 0.29) is 17.2 Å². The lowest BCUT2D eigenvalue weighted by Gasteiger charge is -2.50. The number of nitrogens with zero attached hydrogens (tertiary/aromatic N) is 1. The molecular weight excluding hydrogens is 307 g/mol. The molecule has 0 bridgehead atoms. The van der Waals surface area contributed by atoms with Crippen LogP contribution in [0, 0.1) is 11.2 Å². The molecular formula is C14H17FN4O2S. The highest BCUT2D eigenvalue weighted by Gasteiger charge is 2.50. The number of guanidine groups is 1. The molecule has 6 nitrogen and oxygen atoms in total. The SMILES string of the molecule is CN1SC2OCCCC2(c2cc(NC=O)ccc2F)NC1=N. The topological polar surface area (TPSA) is 77.5 Å². The van der Waals surface area contributed by atoms with Crippen molar-refractivity contribution in [3.05, 3.63) is 29.6 Å². The molecule has 2 aliphatic rings. The molecule has 2 unspecified atom stereocenters. The molecule has 0 aliphatic carbocycles.